The lowest BCUT2D eigenvalue weighted by Gasteiger charge is -2.22. The summed E-state index contributed by atoms with van der Waals surface area (Å²) in [5, 5.41) is 13.9. The van der Waals surface area contributed by atoms with Crippen LogP contribution in [0.3, 0.4) is 0 Å². The Kier molecular flexibility index (Phi) is 7.41. The third-order valence-corrected chi connectivity index (χ3v) is 5.91. The van der Waals surface area contributed by atoms with Crippen molar-refractivity contribution < 1.29 is 22.9 Å². The average Bonchev–Trinajstić information content (AvgIpc) is 2.77. The van der Waals surface area contributed by atoms with Gasteiger partial charge >= 0.3 is 0 Å². The molecule has 3 aromatic carbocycles. The number of sulfonamides is 1. The highest BCUT2D eigenvalue weighted by Gasteiger charge is 2.20. The molecule has 1 amide bonds. The number of ether oxygens (including phenoxy) is 1. The lowest BCUT2D eigenvalue weighted by Crippen LogP contribution is -2.29. The van der Waals surface area contributed by atoms with Crippen molar-refractivity contribution in [3.05, 3.63) is 99.6 Å². The number of carbonyl (C=O) groups is 1. The lowest BCUT2D eigenvalue weighted by molar-refractivity contribution is -0.384. The molecule has 3 rings (SSSR count). The molecular weight excluding hydrogens is 446 g/mol. The Labute approximate surface area is 191 Å². The molecule has 0 heterocycles. The van der Waals surface area contributed by atoms with Gasteiger partial charge in [-0.3, -0.25) is 19.2 Å². The Bertz CT molecular complexity index is 1260. The zero-order valence-electron chi connectivity index (χ0n) is 18.1. The highest BCUT2D eigenvalue weighted by molar-refractivity contribution is 7.92. The zero-order chi connectivity index (χ0) is 24.0. The molecule has 0 aliphatic carbocycles. The summed E-state index contributed by atoms with van der Waals surface area (Å²) in [5.41, 5.74) is 2.55. The van der Waals surface area contributed by atoms with Gasteiger partial charge in [-0.2, -0.15) is 0 Å². The maximum Gasteiger partial charge on any atom is 0.271 e. The molecule has 0 unspecified atom stereocenters. The van der Waals surface area contributed by atoms with E-state index in [2.05, 4.69) is 5.32 Å². The second-order valence-corrected chi connectivity index (χ2v) is 9.24. The van der Waals surface area contributed by atoms with Crippen molar-refractivity contribution in [1.82, 2.24) is 0 Å². The molecule has 0 radical (unpaired) electrons. The number of non-ortho nitro benzene ring substituents is 1. The molecule has 0 saturated carbocycles. The van der Waals surface area contributed by atoms with E-state index < -0.39 is 14.9 Å². The third-order valence-electron chi connectivity index (χ3n) is 4.77. The average molecular weight is 470 g/mol. The minimum absolute atomic E-state index is 0.0407. The number of nitro groups is 1. The van der Waals surface area contributed by atoms with E-state index in [4.69, 9.17) is 4.74 Å². The molecule has 0 aliphatic rings. The summed E-state index contributed by atoms with van der Waals surface area (Å²) < 4.78 is 30.9. The summed E-state index contributed by atoms with van der Waals surface area (Å²) in [7, 11) is -2.12. The minimum Gasteiger partial charge on any atom is -0.380 e. The van der Waals surface area contributed by atoms with Crippen molar-refractivity contribution in [1.29, 1.82) is 0 Å². The fourth-order valence-corrected chi connectivity index (χ4v) is 4.08. The predicted octanol–water partition coefficient (Wildman–Crippen LogP) is 3.96. The number of hydrogen-bond donors (Lipinski definition) is 1. The molecule has 1 N–H and O–H groups in total. The molecule has 10 heteroatoms. The van der Waals surface area contributed by atoms with Crippen LogP contribution in [0.4, 0.5) is 17.1 Å². The number of nitrogens with one attached hydrogen (secondary N) is 1. The van der Waals surface area contributed by atoms with E-state index in [1.807, 2.05) is 18.2 Å². The van der Waals surface area contributed by atoms with Crippen LogP contribution in [-0.4, -0.2) is 32.6 Å². The van der Waals surface area contributed by atoms with Gasteiger partial charge < -0.3 is 10.1 Å². The smallest absolute Gasteiger partial charge is 0.271 e. The van der Waals surface area contributed by atoms with E-state index in [0.717, 1.165) is 16.1 Å². The fraction of sp³-hybridized carbons (Fsp3) is 0.174. The number of nitro benzene ring substituents is 1. The van der Waals surface area contributed by atoms with Crippen LogP contribution in [0, 0.1) is 10.1 Å². The number of anilines is 2. The first-order valence-electron chi connectivity index (χ1n) is 9.88. The van der Waals surface area contributed by atoms with Crippen LogP contribution in [0.15, 0.2) is 72.8 Å². The first kappa shape index (κ1) is 23.9. The maximum absolute atomic E-state index is 12.6. The number of amides is 1. The van der Waals surface area contributed by atoms with Gasteiger partial charge in [0.2, 0.25) is 10.0 Å². The molecule has 0 aromatic heterocycles. The molecule has 0 bridgehead atoms. The van der Waals surface area contributed by atoms with Crippen LogP contribution in [0.25, 0.3) is 0 Å². The Morgan fingerprint density at radius 1 is 1.03 bits per heavy atom. The van der Waals surface area contributed by atoms with Crippen molar-refractivity contribution in [2.45, 2.75) is 13.2 Å². The minimum atomic E-state index is -3.71. The largest absolute Gasteiger partial charge is 0.380 e. The monoisotopic (exact) mass is 469 g/mol. The molecule has 0 atom stereocenters. The molecule has 0 spiro atoms. The van der Waals surface area contributed by atoms with Gasteiger partial charge in [0.05, 0.1) is 30.0 Å². The summed E-state index contributed by atoms with van der Waals surface area (Å²) >= 11 is 0. The van der Waals surface area contributed by atoms with Gasteiger partial charge in [-0.15, -0.1) is 0 Å². The van der Waals surface area contributed by atoms with E-state index in [1.165, 1.54) is 24.3 Å². The molecule has 3 aromatic rings. The van der Waals surface area contributed by atoms with E-state index in [9.17, 15) is 23.3 Å². The van der Waals surface area contributed by atoms with E-state index in [1.54, 1.807) is 37.4 Å². The van der Waals surface area contributed by atoms with Gasteiger partial charge in [-0.1, -0.05) is 30.3 Å². The third kappa shape index (κ3) is 6.37. The van der Waals surface area contributed by atoms with Gasteiger partial charge in [0.1, 0.15) is 0 Å². The van der Waals surface area contributed by atoms with Crippen LogP contribution in [-0.2, 0) is 27.9 Å². The molecule has 0 saturated heterocycles. The van der Waals surface area contributed by atoms with Gasteiger partial charge in [0, 0.05) is 30.5 Å². The first-order chi connectivity index (χ1) is 15.7. The highest BCUT2D eigenvalue weighted by Crippen LogP contribution is 2.25. The molecule has 172 valence electrons. The first-order valence-corrected chi connectivity index (χ1v) is 11.7. The molecule has 9 nitrogen and oxygen atoms in total. The van der Waals surface area contributed by atoms with Crippen molar-refractivity contribution in [3.8, 4) is 0 Å². The Morgan fingerprint density at radius 2 is 1.73 bits per heavy atom. The van der Waals surface area contributed by atoms with Crippen LogP contribution < -0.4 is 9.62 Å². The Morgan fingerprint density at radius 3 is 2.36 bits per heavy atom. The van der Waals surface area contributed by atoms with Crippen LogP contribution in [0.1, 0.15) is 21.5 Å². The number of methoxy groups -OCH3 is 1. The Hall–Kier alpha value is -3.76. The SMILES string of the molecule is COCc1cccc(NC(=O)c2ccc(CN(c3cccc([N+](=O)[O-])c3)S(C)(=O)=O)cc2)c1. The summed E-state index contributed by atoms with van der Waals surface area (Å²) in [4.78, 5) is 23.1. The van der Waals surface area contributed by atoms with Crippen molar-refractivity contribution in [2.24, 2.45) is 0 Å². The number of benzene rings is 3. The zero-order valence-corrected chi connectivity index (χ0v) is 18.9. The summed E-state index contributed by atoms with van der Waals surface area (Å²) in [5.74, 6) is -0.310. The molecule has 0 fully saturated rings. The van der Waals surface area contributed by atoms with Crippen molar-refractivity contribution >= 4 is 33.0 Å². The van der Waals surface area contributed by atoms with Gasteiger partial charge in [0.25, 0.3) is 11.6 Å². The standard InChI is InChI=1S/C23H23N3O6S/c1-32-16-18-5-3-6-20(13-18)24-23(27)19-11-9-17(10-12-19)15-25(33(2,30)31)21-7-4-8-22(14-21)26(28)29/h3-14H,15-16H2,1-2H3,(H,24,27). The second-order valence-electron chi connectivity index (χ2n) is 7.33. The summed E-state index contributed by atoms with van der Waals surface area (Å²) in [6, 6.07) is 19.2. The van der Waals surface area contributed by atoms with Crippen LogP contribution in [0.2, 0.25) is 0 Å². The number of carbonyl (C=O) groups excluding carboxylic acids is 1. The van der Waals surface area contributed by atoms with Crippen molar-refractivity contribution in [3.63, 3.8) is 0 Å². The van der Waals surface area contributed by atoms with Gasteiger partial charge in [-0.25, -0.2) is 8.42 Å². The number of nitrogens with zero attached hydrogens (tertiary/aromatic N) is 2. The van der Waals surface area contributed by atoms with Crippen LogP contribution in [0.5, 0.6) is 0 Å². The quantitative estimate of drug-likeness (QED) is 0.374. The highest BCUT2D eigenvalue weighted by atomic mass is 32.2. The summed E-state index contributed by atoms with van der Waals surface area (Å²) in [6.07, 6.45) is 1.03. The van der Waals surface area contributed by atoms with E-state index in [-0.39, 0.29) is 23.8 Å². The van der Waals surface area contributed by atoms with Gasteiger partial charge in [-0.05, 0) is 41.5 Å². The Balaban J connectivity index is 1.76. The van der Waals surface area contributed by atoms with Crippen molar-refractivity contribution in [2.75, 3.05) is 23.0 Å². The molecular formula is C23H23N3O6S. The predicted molar refractivity (Wildman–Crippen MR) is 126 cm³/mol. The molecule has 0 aliphatic heterocycles. The fourth-order valence-electron chi connectivity index (χ4n) is 3.20. The normalized spacial score (nSPS) is 11.1. The molecule has 33 heavy (non-hydrogen) atoms. The van der Waals surface area contributed by atoms with Crippen LogP contribution >= 0.6 is 0 Å². The maximum atomic E-state index is 12.6. The van der Waals surface area contributed by atoms with E-state index in [0.29, 0.717) is 23.4 Å². The number of hydrogen-bond acceptors (Lipinski definition) is 6. The second kappa shape index (κ2) is 10.2. The lowest BCUT2D eigenvalue weighted by atomic mass is 10.1. The van der Waals surface area contributed by atoms with E-state index >= 15 is 0 Å². The summed E-state index contributed by atoms with van der Waals surface area (Å²) in [6.45, 7) is 0.390. The number of rotatable bonds is 9. The topological polar surface area (TPSA) is 119 Å². The van der Waals surface area contributed by atoms with Gasteiger partial charge in [0.15, 0.2) is 0 Å².